The Morgan fingerprint density at radius 1 is 1.45 bits per heavy atom. The number of hydrogen-bond acceptors (Lipinski definition) is 2. The van der Waals surface area contributed by atoms with Crippen LogP contribution in [0.5, 0.6) is 0 Å². The zero-order valence-corrected chi connectivity index (χ0v) is 6.93. The number of Topliss-reactive ketones (excluding diaryl/α,β-unsaturated/α-hetero) is 1. The number of ketones is 1. The highest BCUT2D eigenvalue weighted by Gasteiger charge is 2.17. The predicted molar refractivity (Wildman–Crippen MR) is 43.2 cm³/mol. The fraction of sp³-hybridized carbons (Fsp3) is 0.667. The smallest absolute Gasteiger partial charge is 0.193 e. The van der Waals surface area contributed by atoms with Crippen molar-refractivity contribution in [2.45, 2.75) is 38.7 Å². The van der Waals surface area contributed by atoms with Gasteiger partial charge in [0.1, 0.15) is 0 Å². The van der Waals surface area contributed by atoms with Crippen LogP contribution in [0.1, 0.15) is 32.6 Å². The maximum Gasteiger partial charge on any atom is 0.193 e. The van der Waals surface area contributed by atoms with E-state index in [2.05, 4.69) is 6.58 Å². The van der Waals surface area contributed by atoms with Crippen molar-refractivity contribution in [2.75, 3.05) is 0 Å². The van der Waals surface area contributed by atoms with Crippen molar-refractivity contribution in [3.05, 3.63) is 12.3 Å². The van der Waals surface area contributed by atoms with Crippen molar-refractivity contribution in [1.82, 2.24) is 0 Å². The molecular weight excluding hydrogens is 140 g/mol. The first-order valence-corrected chi connectivity index (χ1v) is 4.06. The van der Waals surface area contributed by atoms with Gasteiger partial charge >= 0.3 is 0 Å². The molecule has 2 heteroatoms. The molecule has 0 amide bonds. The molecule has 0 radical (unpaired) electrons. The van der Waals surface area contributed by atoms with Crippen LogP contribution in [-0.4, -0.2) is 11.9 Å². The summed E-state index contributed by atoms with van der Waals surface area (Å²) >= 11 is 0. The Morgan fingerprint density at radius 2 is 2.00 bits per heavy atom. The fourth-order valence-electron chi connectivity index (χ4n) is 1.29. The van der Waals surface area contributed by atoms with Crippen LogP contribution in [0, 0.1) is 0 Å². The molecule has 0 aromatic rings. The number of ether oxygens (including phenoxy) is 1. The minimum Gasteiger partial charge on any atom is -0.487 e. The summed E-state index contributed by atoms with van der Waals surface area (Å²) in [6.07, 6.45) is 4.84. The minimum atomic E-state index is -0.0584. The second kappa shape index (κ2) is 3.56. The summed E-state index contributed by atoms with van der Waals surface area (Å²) in [7, 11) is 0. The summed E-state index contributed by atoms with van der Waals surface area (Å²) in [4.78, 5) is 10.7. The monoisotopic (exact) mass is 154 g/mol. The maximum absolute atomic E-state index is 10.7. The van der Waals surface area contributed by atoms with Gasteiger partial charge in [0.15, 0.2) is 11.5 Å². The average Bonchev–Trinajstić information content (AvgIpc) is 2.39. The van der Waals surface area contributed by atoms with E-state index in [0.717, 1.165) is 12.8 Å². The van der Waals surface area contributed by atoms with E-state index in [1.165, 1.54) is 19.8 Å². The second-order valence-corrected chi connectivity index (χ2v) is 3.00. The largest absolute Gasteiger partial charge is 0.487 e. The molecule has 1 aliphatic carbocycles. The van der Waals surface area contributed by atoms with Crippen LogP contribution in [0.25, 0.3) is 0 Å². The SMILES string of the molecule is C=C(OC1CCCC1)C(C)=O. The van der Waals surface area contributed by atoms with Crippen LogP contribution in [0.3, 0.4) is 0 Å². The van der Waals surface area contributed by atoms with Gasteiger partial charge in [0.2, 0.25) is 0 Å². The second-order valence-electron chi connectivity index (χ2n) is 3.00. The minimum absolute atomic E-state index is 0.0584. The third kappa shape index (κ3) is 2.37. The Hall–Kier alpha value is -0.790. The molecule has 2 nitrogen and oxygen atoms in total. The van der Waals surface area contributed by atoms with Gasteiger partial charge in [-0.2, -0.15) is 0 Å². The lowest BCUT2D eigenvalue weighted by Crippen LogP contribution is -2.10. The van der Waals surface area contributed by atoms with Crippen molar-refractivity contribution >= 4 is 5.78 Å². The number of carbonyl (C=O) groups is 1. The molecular formula is C9H14O2. The third-order valence-corrected chi connectivity index (χ3v) is 2.00. The van der Waals surface area contributed by atoms with Crippen molar-refractivity contribution in [2.24, 2.45) is 0 Å². The number of hydrogen-bond donors (Lipinski definition) is 0. The van der Waals surface area contributed by atoms with Gasteiger partial charge in [0.05, 0.1) is 6.10 Å². The zero-order chi connectivity index (χ0) is 8.27. The quantitative estimate of drug-likeness (QED) is 0.459. The summed E-state index contributed by atoms with van der Waals surface area (Å²) in [5, 5.41) is 0. The summed E-state index contributed by atoms with van der Waals surface area (Å²) in [5.74, 6) is 0.258. The van der Waals surface area contributed by atoms with E-state index in [1.807, 2.05) is 0 Å². The fourth-order valence-corrected chi connectivity index (χ4v) is 1.29. The molecule has 0 saturated heterocycles. The van der Waals surface area contributed by atoms with Crippen molar-refractivity contribution in [3.63, 3.8) is 0 Å². The Balaban J connectivity index is 2.29. The van der Waals surface area contributed by atoms with Gasteiger partial charge in [-0.25, -0.2) is 0 Å². The molecule has 1 saturated carbocycles. The summed E-state index contributed by atoms with van der Waals surface area (Å²) in [5.41, 5.74) is 0. The van der Waals surface area contributed by atoms with Gasteiger partial charge in [-0.15, -0.1) is 0 Å². The maximum atomic E-state index is 10.7. The summed E-state index contributed by atoms with van der Waals surface area (Å²) in [6, 6.07) is 0. The molecule has 0 aliphatic heterocycles. The molecule has 0 spiro atoms. The van der Waals surface area contributed by atoms with E-state index in [4.69, 9.17) is 4.74 Å². The van der Waals surface area contributed by atoms with E-state index < -0.39 is 0 Å². The van der Waals surface area contributed by atoms with E-state index in [-0.39, 0.29) is 11.9 Å². The first-order chi connectivity index (χ1) is 5.20. The summed E-state index contributed by atoms with van der Waals surface area (Å²) in [6.45, 7) is 5.03. The Kier molecular flexibility index (Phi) is 2.69. The molecule has 62 valence electrons. The molecule has 0 unspecified atom stereocenters. The van der Waals surface area contributed by atoms with Gasteiger partial charge < -0.3 is 4.74 Å². The first-order valence-electron chi connectivity index (χ1n) is 4.06. The number of carbonyl (C=O) groups excluding carboxylic acids is 1. The average molecular weight is 154 g/mol. The highest BCUT2D eigenvalue weighted by molar-refractivity contribution is 5.90. The van der Waals surface area contributed by atoms with E-state index in [1.54, 1.807) is 0 Å². The van der Waals surface area contributed by atoms with E-state index >= 15 is 0 Å². The van der Waals surface area contributed by atoms with Gasteiger partial charge in [-0.1, -0.05) is 6.58 Å². The first kappa shape index (κ1) is 8.31. The van der Waals surface area contributed by atoms with E-state index in [9.17, 15) is 4.79 Å². The zero-order valence-electron chi connectivity index (χ0n) is 6.93. The molecule has 11 heavy (non-hydrogen) atoms. The molecule has 0 heterocycles. The van der Waals surface area contributed by atoms with Crippen LogP contribution in [0.15, 0.2) is 12.3 Å². The molecule has 1 aliphatic rings. The standard InChI is InChI=1S/C9H14O2/c1-7(10)8(2)11-9-5-3-4-6-9/h9H,2-6H2,1H3. The molecule has 0 aromatic heterocycles. The van der Waals surface area contributed by atoms with Crippen molar-refractivity contribution in [1.29, 1.82) is 0 Å². The Bertz CT molecular complexity index is 166. The lowest BCUT2D eigenvalue weighted by atomic mass is 10.3. The lowest BCUT2D eigenvalue weighted by molar-refractivity contribution is -0.117. The molecule has 0 bridgehead atoms. The molecule has 0 atom stereocenters. The molecule has 1 rings (SSSR count). The molecule has 0 aromatic carbocycles. The van der Waals surface area contributed by atoms with Crippen LogP contribution in [0.2, 0.25) is 0 Å². The van der Waals surface area contributed by atoms with Gasteiger partial charge in [0.25, 0.3) is 0 Å². The van der Waals surface area contributed by atoms with Crippen LogP contribution < -0.4 is 0 Å². The van der Waals surface area contributed by atoms with Crippen LogP contribution in [0.4, 0.5) is 0 Å². The number of allylic oxidation sites excluding steroid dienone is 1. The highest BCUT2D eigenvalue weighted by atomic mass is 16.5. The van der Waals surface area contributed by atoms with Crippen LogP contribution >= 0.6 is 0 Å². The van der Waals surface area contributed by atoms with Gasteiger partial charge in [-0.05, 0) is 25.7 Å². The van der Waals surface area contributed by atoms with Crippen molar-refractivity contribution in [3.8, 4) is 0 Å². The normalized spacial score (nSPS) is 18.3. The number of rotatable bonds is 3. The lowest BCUT2D eigenvalue weighted by Gasteiger charge is -2.12. The molecule has 1 fully saturated rings. The predicted octanol–water partition coefficient (Wildman–Crippen LogP) is 2.05. The van der Waals surface area contributed by atoms with Gasteiger partial charge in [0, 0.05) is 6.92 Å². The Morgan fingerprint density at radius 3 is 2.45 bits per heavy atom. The molecule has 0 N–H and O–H groups in total. The van der Waals surface area contributed by atoms with Crippen LogP contribution in [-0.2, 0) is 9.53 Å². The Labute approximate surface area is 67.2 Å². The summed E-state index contributed by atoms with van der Waals surface area (Å²) < 4.78 is 5.33. The van der Waals surface area contributed by atoms with Gasteiger partial charge in [-0.3, -0.25) is 4.79 Å². The third-order valence-electron chi connectivity index (χ3n) is 2.00. The van der Waals surface area contributed by atoms with Crippen molar-refractivity contribution < 1.29 is 9.53 Å². The highest BCUT2D eigenvalue weighted by Crippen LogP contribution is 2.22. The van der Waals surface area contributed by atoms with E-state index in [0.29, 0.717) is 5.76 Å². The topological polar surface area (TPSA) is 26.3 Å².